The van der Waals surface area contributed by atoms with Gasteiger partial charge in [-0.1, -0.05) is 13.0 Å². The van der Waals surface area contributed by atoms with Gasteiger partial charge in [0.1, 0.15) is 5.75 Å². The molecule has 1 aliphatic rings. The largest absolute Gasteiger partial charge is 0.484 e. The Morgan fingerprint density at radius 3 is 2.76 bits per heavy atom. The molecule has 0 aliphatic carbocycles. The summed E-state index contributed by atoms with van der Waals surface area (Å²) in [5.74, 6) is -0.0302. The summed E-state index contributed by atoms with van der Waals surface area (Å²) in [5.41, 5.74) is -0.120. The number of nitrogens with zero attached hydrogens (tertiary/aromatic N) is 2. The van der Waals surface area contributed by atoms with Crippen molar-refractivity contribution in [2.45, 2.75) is 38.8 Å². The molecule has 0 radical (unpaired) electrons. The maximum absolute atomic E-state index is 12.6. The van der Waals surface area contributed by atoms with Crippen molar-refractivity contribution >= 4 is 21.4 Å². The molecule has 1 aromatic carbocycles. The number of non-ortho nitro benzene ring substituents is 1. The minimum absolute atomic E-state index is 0.0279. The molecule has 0 N–H and O–H groups in total. The van der Waals surface area contributed by atoms with Crippen LogP contribution in [0.2, 0.25) is 0 Å². The molecule has 1 saturated heterocycles. The van der Waals surface area contributed by atoms with Crippen LogP contribution >= 0.6 is 0 Å². The first-order valence-corrected chi connectivity index (χ1v) is 9.94. The third kappa shape index (κ3) is 4.91. The Bertz CT molecular complexity index is 749. The minimum atomic E-state index is -3.11. The Morgan fingerprint density at radius 2 is 2.20 bits per heavy atom. The Labute approximate surface area is 146 Å². The molecular weight excluding hydrogens is 348 g/mol. The lowest BCUT2D eigenvalue weighted by molar-refractivity contribution is -0.384. The zero-order valence-corrected chi connectivity index (χ0v) is 15.1. The number of hydrogen-bond acceptors (Lipinski definition) is 6. The van der Waals surface area contributed by atoms with Crippen molar-refractivity contribution in [3.63, 3.8) is 0 Å². The van der Waals surface area contributed by atoms with Crippen LogP contribution in [-0.4, -0.2) is 54.3 Å². The van der Waals surface area contributed by atoms with Gasteiger partial charge in [-0.05, 0) is 25.8 Å². The van der Waals surface area contributed by atoms with E-state index in [-0.39, 0.29) is 47.5 Å². The van der Waals surface area contributed by atoms with Crippen LogP contribution in [0.15, 0.2) is 24.3 Å². The van der Waals surface area contributed by atoms with E-state index in [1.165, 1.54) is 24.3 Å². The summed E-state index contributed by atoms with van der Waals surface area (Å²) in [7, 11) is -3.11. The molecular formula is C16H22N2O6S. The molecule has 0 bridgehead atoms. The second-order valence-corrected chi connectivity index (χ2v) is 8.39. The lowest BCUT2D eigenvalue weighted by Crippen LogP contribution is -2.48. The number of amides is 1. The van der Waals surface area contributed by atoms with Crippen LogP contribution in [0.3, 0.4) is 0 Å². The highest BCUT2D eigenvalue weighted by atomic mass is 32.2. The Hall–Kier alpha value is -2.16. The second kappa shape index (κ2) is 7.81. The van der Waals surface area contributed by atoms with Crippen LogP contribution in [0.4, 0.5) is 5.69 Å². The van der Waals surface area contributed by atoms with Crippen LogP contribution in [0.1, 0.15) is 26.7 Å². The van der Waals surface area contributed by atoms with Crippen molar-refractivity contribution in [3.8, 4) is 5.75 Å². The summed E-state index contributed by atoms with van der Waals surface area (Å²) in [6.45, 7) is 3.51. The molecule has 0 aromatic heterocycles. The number of benzene rings is 1. The summed E-state index contributed by atoms with van der Waals surface area (Å²) in [6.07, 6.45) is 1.12. The molecule has 1 aromatic rings. The molecule has 1 amide bonds. The van der Waals surface area contributed by atoms with E-state index in [1.54, 1.807) is 4.90 Å². The molecule has 9 heteroatoms. The summed E-state index contributed by atoms with van der Waals surface area (Å²) in [4.78, 5) is 24.4. The van der Waals surface area contributed by atoms with Gasteiger partial charge in [0, 0.05) is 18.2 Å². The van der Waals surface area contributed by atoms with Crippen molar-refractivity contribution in [1.82, 2.24) is 4.90 Å². The quantitative estimate of drug-likeness (QED) is 0.535. The summed E-state index contributed by atoms with van der Waals surface area (Å²) >= 11 is 0. The van der Waals surface area contributed by atoms with E-state index in [1.807, 2.05) is 13.8 Å². The Balaban J connectivity index is 2.07. The number of carbonyl (C=O) groups excluding carboxylic acids is 1. The predicted octanol–water partition coefficient (Wildman–Crippen LogP) is 1.79. The maximum atomic E-state index is 12.6. The number of nitro benzene ring substituents is 1. The number of ether oxygens (including phenoxy) is 1. The molecule has 138 valence electrons. The summed E-state index contributed by atoms with van der Waals surface area (Å²) in [6, 6.07) is 5.15. The van der Waals surface area contributed by atoms with Crippen LogP contribution in [0.25, 0.3) is 0 Å². The molecule has 8 nitrogen and oxygen atoms in total. The molecule has 2 rings (SSSR count). The zero-order valence-electron chi connectivity index (χ0n) is 14.3. The van der Waals surface area contributed by atoms with Crippen LogP contribution in [0.5, 0.6) is 5.75 Å². The smallest absolute Gasteiger partial charge is 0.273 e. The van der Waals surface area contributed by atoms with Gasteiger partial charge in [-0.15, -0.1) is 0 Å². The van der Waals surface area contributed by atoms with Gasteiger partial charge in [-0.25, -0.2) is 8.42 Å². The van der Waals surface area contributed by atoms with Crippen molar-refractivity contribution in [3.05, 3.63) is 34.4 Å². The average molecular weight is 370 g/mol. The molecule has 0 spiro atoms. The van der Waals surface area contributed by atoms with E-state index in [2.05, 4.69) is 0 Å². The van der Waals surface area contributed by atoms with Crippen molar-refractivity contribution < 1.29 is 22.9 Å². The average Bonchev–Trinajstić information content (AvgIpc) is 2.92. The molecule has 25 heavy (non-hydrogen) atoms. The van der Waals surface area contributed by atoms with E-state index in [9.17, 15) is 23.3 Å². The molecule has 0 saturated carbocycles. The number of rotatable bonds is 7. The Kier molecular flexibility index (Phi) is 5.99. The fourth-order valence-corrected chi connectivity index (χ4v) is 4.62. The third-order valence-corrected chi connectivity index (χ3v) is 6.10. The van der Waals surface area contributed by atoms with Gasteiger partial charge < -0.3 is 9.64 Å². The molecule has 1 aliphatic heterocycles. The van der Waals surface area contributed by atoms with E-state index < -0.39 is 14.8 Å². The lowest BCUT2D eigenvalue weighted by Gasteiger charge is -2.33. The van der Waals surface area contributed by atoms with E-state index in [0.717, 1.165) is 0 Å². The summed E-state index contributed by atoms with van der Waals surface area (Å²) in [5, 5.41) is 10.8. The predicted molar refractivity (Wildman–Crippen MR) is 92.2 cm³/mol. The molecule has 2 atom stereocenters. The topological polar surface area (TPSA) is 107 Å². The van der Waals surface area contributed by atoms with Gasteiger partial charge in [0.15, 0.2) is 16.4 Å². The van der Waals surface area contributed by atoms with Crippen LogP contribution < -0.4 is 4.74 Å². The van der Waals surface area contributed by atoms with Gasteiger partial charge in [-0.2, -0.15) is 0 Å². The fraction of sp³-hybridized carbons (Fsp3) is 0.562. The fourth-order valence-electron chi connectivity index (χ4n) is 2.91. The number of carbonyl (C=O) groups is 1. The van der Waals surface area contributed by atoms with Gasteiger partial charge in [0.25, 0.3) is 11.6 Å². The normalized spacial score (nSPS) is 20.0. The monoisotopic (exact) mass is 370 g/mol. The van der Waals surface area contributed by atoms with Gasteiger partial charge in [0.05, 0.1) is 22.5 Å². The Morgan fingerprint density at radius 1 is 1.48 bits per heavy atom. The van der Waals surface area contributed by atoms with Gasteiger partial charge in [0.2, 0.25) is 0 Å². The zero-order chi connectivity index (χ0) is 18.6. The number of hydrogen-bond donors (Lipinski definition) is 0. The van der Waals surface area contributed by atoms with E-state index >= 15 is 0 Å². The highest BCUT2D eigenvalue weighted by molar-refractivity contribution is 7.91. The maximum Gasteiger partial charge on any atom is 0.273 e. The molecule has 0 unspecified atom stereocenters. The van der Waals surface area contributed by atoms with E-state index in [0.29, 0.717) is 12.8 Å². The number of sulfone groups is 1. The first-order chi connectivity index (χ1) is 11.7. The standard InChI is InChI=1S/C16H22N2O6S/c1-3-12(2)17(14-7-8-25(22,23)11-14)16(19)10-24-15-6-4-5-13(9-15)18(20)21/h4-6,9,12,14H,3,7-8,10-11H2,1-2H3/t12-,14+/m0/s1. The first kappa shape index (κ1) is 19.2. The molecule has 1 fully saturated rings. The molecule has 1 heterocycles. The van der Waals surface area contributed by atoms with Crippen LogP contribution in [0, 0.1) is 10.1 Å². The SMILES string of the molecule is CC[C@H](C)N(C(=O)COc1cccc([N+](=O)[O-])c1)[C@@H]1CCS(=O)(=O)C1. The van der Waals surface area contributed by atoms with E-state index in [4.69, 9.17) is 4.74 Å². The van der Waals surface area contributed by atoms with Crippen molar-refractivity contribution in [2.75, 3.05) is 18.1 Å². The van der Waals surface area contributed by atoms with Gasteiger partial charge in [-0.3, -0.25) is 14.9 Å². The highest BCUT2D eigenvalue weighted by Crippen LogP contribution is 2.23. The highest BCUT2D eigenvalue weighted by Gasteiger charge is 2.36. The van der Waals surface area contributed by atoms with Crippen molar-refractivity contribution in [2.24, 2.45) is 0 Å². The van der Waals surface area contributed by atoms with Crippen LogP contribution in [-0.2, 0) is 14.6 Å². The summed E-state index contributed by atoms with van der Waals surface area (Å²) < 4.78 is 28.9. The lowest BCUT2D eigenvalue weighted by atomic mass is 10.1. The third-order valence-electron chi connectivity index (χ3n) is 4.35. The minimum Gasteiger partial charge on any atom is -0.484 e. The van der Waals surface area contributed by atoms with Crippen molar-refractivity contribution in [1.29, 1.82) is 0 Å². The number of nitro groups is 1. The first-order valence-electron chi connectivity index (χ1n) is 8.12. The van der Waals surface area contributed by atoms with Gasteiger partial charge >= 0.3 is 0 Å². The second-order valence-electron chi connectivity index (χ2n) is 6.16.